The van der Waals surface area contributed by atoms with Crippen molar-refractivity contribution in [3.05, 3.63) is 76.6 Å². The number of amides is 1. The first-order valence-corrected chi connectivity index (χ1v) is 8.02. The molecule has 1 heterocycles. The summed E-state index contributed by atoms with van der Waals surface area (Å²) in [5.41, 5.74) is 3.46. The van der Waals surface area contributed by atoms with Crippen LogP contribution in [-0.4, -0.2) is 21.1 Å². The second kappa shape index (κ2) is 7.25. The van der Waals surface area contributed by atoms with Gasteiger partial charge in [-0.25, -0.2) is 9.37 Å². The Morgan fingerprint density at radius 2 is 1.96 bits per heavy atom. The van der Waals surface area contributed by atoms with Gasteiger partial charge in [-0.15, -0.1) is 0 Å². The molecule has 0 spiro atoms. The number of halogens is 1. The summed E-state index contributed by atoms with van der Waals surface area (Å²) < 4.78 is 13.7. The fourth-order valence-corrected chi connectivity index (χ4v) is 2.54. The van der Waals surface area contributed by atoms with Crippen LogP contribution >= 0.6 is 0 Å². The molecule has 1 amide bonds. The Balaban J connectivity index is 1.64. The summed E-state index contributed by atoms with van der Waals surface area (Å²) in [5, 5.41) is 9.68. The molecule has 3 aromatic rings. The summed E-state index contributed by atoms with van der Waals surface area (Å²) >= 11 is 0. The predicted octanol–water partition coefficient (Wildman–Crippen LogP) is 3.33. The van der Waals surface area contributed by atoms with Crippen LogP contribution < -0.4 is 5.32 Å². The number of carbonyl (C=O) groups excluding carboxylic acids is 1. The lowest BCUT2D eigenvalue weighted by atomic mass is 10.1. The lowest BCUT2D eigenvalue weighted by Gasteiger charge is -2.09. The Morgan fingerprint density at radius 1 is 1.16 bits per heavy atom. The molecular weight excluding hydrogens is 319 g/mol. The monoisotopic (exact) mass is 338 g/mol. The van der Waals surface area contributed by atoms with Gasteiger partial charge in [-0.05, 0) is 42.7 Å². The van der Waals surface area contributed by atoms with Crippen LogP contribution in [0.15, 0.2) is 42.5 Å². The zero-order valence-electron chi connectivity index (χ0n) is 14.1. The van der Waals surface area contributed by atoms with Gasteiger partial charge in [-0.3, -0.25) is 9.89 Å². The maximum absolute atomic E-state index is 13.7. The maximum Gasteiger partial charge on any atom is 0.232 e. The van der Waals surface area contributed by atoms with Crippen molar-refractivity contribution in [1.82, 2.24) is 15.2 Å². The number of H-pyrrole nitrogens is 1. The Bertz CT molecular complexity index is 904. The van der Waals surface area contributed by atoms with Crippen LogP contribution in [0.25, 0.3) is 0 Å². The van der Waals surface area contributed by atoms with Gasteiger partial charge in [0, 0.05) is 12.1 Å². The van der Waals surface area contributed by atoms with E-state index >= 15 is 0 Å². The molecule has 0 fully saturated rings. The van der Waals surface area contributed by atoms with E-state index in [4.69, 9.17) is 0 Å². The smallest absolute Gasteiger partial charge is 0.232 e. The summed E-state index contributed by atoms with van der Waals surface area (Å²) in [4.78, 5) is 16.5. The Morgan fingerprint density at radius 3 is 2.76 bits per heavy atom. The van der Waals surface area contributed by atoms with Gasteiger partial charge in [0.1, 0.15) is 11.6 Å². The molecule has 2 aromatic carbocycles. The van der Waals surface area contributed by atoms with Gasteiger partial charge in [0.15, 0.2) is 5.82 Å². The zero-order valence-corrected chi connectivity index (χ0v) is 14.1. The molecule has 25 heavy (non-hydrogen) atoms. The number of nitrogens with zero attached hydrogens (tertiary/aromatic N) is 2. The third kappa shape index (κ3) is 4.09. The van der Waals surface area contributed by atoms with Crippen molar-refractivity contribution in [2.24, 2.45) is 0 Å². The summed E-state index contributed by atoms with van der Waals surface area (Å²) in [5.74, 6) is 0.437. The molecule has 0 unspecified atom stereocenters. The van der Waals surface area contributed by atoms with Crippen LogP contribution in [0.2, 0.25) is 0 Å². The summed E-state index contributed by atoms with van der Waals surface area (Å²) in [6.07, 6.45) is 0.361. The Hall–Kier alpha value is -3.02. The fraction of sp³-hybridized carbons (Fsp3) is 0.211. The second-order valence-electron chi connectivity index (χ2n) is 5.94. The topological polar surface area (TPSA) is 70.7 Å². The molecule has 1 aromatic heterocycles. The van der Waals surface area contributed by atoms with Crippen LogP contribution in [0.5, 0.6) is 0 Å². The predicted molar refractivity (Wildman–Crippen MR) is 93.8 cm³/mol. The standard InChI is InChI=1S/C19H19FN4O/c1-12-6-5-9-16(13(12)2)21-19(25)11-18-22-17(23-24-18)10-14-7-3-4-8-15(14)20/h3-9H,10-11H2,1-2H3,(H,21,25)(H,22,23,24). The van der Waals surface area contributed by atoms with E-state index < -0.39 is 0 Å². The second-order valence-corrected chi connectivity index (χ2v) is 5.94. The number of aromatic amines is 1. The molecule has 0 aliphatic rings. The molecule has 0 saturated heterocycles. The highest BCUT2D eigenvalue weighted by atomic mass is 19.1. The third-order valence-corrected chi connectivity index (χ3v) is 4.09. The number of aromatic nitrogens is 3. The van der Waals surface area contributed by atoms with Crippen molar-refractivity contribution in [2.45, 2.75) is 26.7 Å². The quantitative estimate of drug-likeness (QED) is 0.749. The zero-order chi connectivity index (χ0) is 17.8. The van der Waals surface area contributed by atoms with Crippen molar-refractivity contribution in [3.8, 4) is 0 Å². The molecule has 0 radical (unpaired) electrons. The summed E-state index contributed by atoms with van der Waals surface area (Å²) in [6, 6.07) is 12.3. The van der Waals surface area contributed by atoms with Crippen LogP contribution in [0, 0.1) is 19.7 Å². The normalized spacial score (nSPS) is 10.7. The molecule has 0 aliphatic heterocycles. The number of hydrogen-bond donors (Lipinski definition) is 2. The molecule has 0 saturated carbocycles. The Kier molecular flexibility index (Phi) is 4.88. The lowest BCUT2D eigenvalue weighted by Crippen LogP contribution is -2.16. The number of nitrogens with one attached hydrogen (secondary N) is 2. The minimum Gasteiger partial charge on any atom is -0.325 e. The van der Waals surface area contributed by atoms with E-state index in [1.54, 1.807) is 18.2 Å². The molecule has 0 bridgehead atoms. The van der Waals surface area contributed by atoms with Crippen molar-refractivity contribution >= 4 is 11.6 Å². The number of rotatable bonds is 5. The molecule has 128 valence electrons. The van der Waals surface area contributed by atoms with Gasteiger partial charge >= 0.3 is 0 Å². The first kappa shape index (κ1) is 16.8. The van der Waals surface area contributed by atoms with Gasteiger partial charge in [-0.2, -0.15) is 5.10 Å². The highest BCUT2D eigenvalue weighted by Gasteiger charge is 2.12. The van der Waals surface area contributed by atoms with Gasteiger partial charge in [-0.1, -0.05) is 30.3 Å². The largest absolute Gasteiger partial charge is 0.325 e. The number of anilines is 1. The van der Waals surface area contributed by atoms with Gasteiger partial charge in [0.05, 0.1) is 6.42 Å². The van der Waals surface area contributed by atoms with E-state index in [0.717, 1.165) is 16.8 Å². The molecule has 0 atom stereocenters. The first-order chi connectivity index (χ1) is 12.0. The molecule has 0 aliphatic carbocycles. The van der Waals surface area contributed by atoms with Gasteiger partial charge in [0.25, 0.3) is 0 Å². The van der Waals surface area contributed by atoms with Gasteiger partial charge < -0.3 is 5.32 Å². The maximum atomic E-state index is 13.7. The first-order valence-electron chi connectivity index (χ1n) is 8.02. The number of benzene rings is 2. The van der Waals surface area contributed by atoms with Crippen molar-refractivity contribution in [1.29, 1.82) is 0 Å². The van der Waals surface area contributed by atoms with E-state index in [1.165, 1.54) is 6.07 Å². The van der Waals surface area contributed by atoms with E-state index in [-0.39, 0.29) is 18.1 Å². The van der Waals surface area contributed by atoms with Crippen molar-refractivity contribution in [2.75, 3.05) is 5.32 Å². The molecule has 6 heteroatoms. The van der Waals surface area contributed by atoms with E-state index in [0.29, 0.717) is 23.6 Å². The van der Waals surface area contributed by atoms with Crippen LogP contribution in [0.3, 0.4) is 0 Å². The van der Waals surface area contributed by atoms with Crippen molar-refractivity contribution < 1.29 is 9.18 Å². The SMILES string of the molecule is Cc1cccc(NC(=O)Cc2n[nH]c(Cc3ccccc3F)n2)c1C. The highest BCUT2D eigenvalue weighted by molar-refractivity contribution is 5.92. The molecule has 2 N–H and O–H groups in total. The molecule has 5 nitrogen and oxygen atoms in total. The number of aryl methyl sites for hydroxylation is 1. The highest BCUT2D eigenvalue weighted by Crippen LogP contribution is 2.18. The van der Waals surface area contributed by atoms with Crippen molar-refractivity contribution in [3.63, 3.8) is 0 Å². The number of hydrogen-bond acceptors (Lipinski definition) is 3. The van der Waals surface area contributed by atoms with Crippen LogP contribution in [0.4, 0.5) is 10.1 Å². The fourth-order valence-electron chi connectivity index (χ4n) is 2.54. The molecular formula is C19H19FN4O. The third-order valence-electron chi connectivity index (χ3n) is 4.09. The Labute approximate surface area is 145 Å². The minimum absolute atomic E-state index is 0.0567. The van der Waals surface area contributed by atoms with E-state index in [1.807, 2.05) is 32.0 Å². The van der Waals surface area contributed by atoms with Gasteiger partial charge in [0.2, 0.25) is 5.91 Å². The average molecular weight is 338 g/mol. The summed E-state index contributed by atoms with van der Waals surface area (Å²) in [7, 11) is 0. The minimum atomic E-state index is -0.284. The van der Waals surface area contributed by atoms with E-state index in [2.05, 4.69) is 20.5 Å². The summed E-state index contributed by atoms with van der Waals surface area (Å²) in [6.45, 7) is 3.96. The average Bonchev–Trinajstić information content (AvgIpc) is 3.01. The van der Waals surface area contributed by atoms with Crippen LogP contribution in [-0.2, 0) is 17.6 Å². The number of carbonyl (C=O) groups is 1. The van der Waals surface area contributed by atoms with Crippen LogP contribution in [0.1, 0.15) is 28.3 Å². The lowest BCUT2D eigenvalue weighted by molar-refractivity contribution is -0.115. The molecule has 3 rings (SSSR count). The van der Waals surface area contributed by atoms with E-state index in [9.17, 15) is 9.18 Å².